The van der Waals surface area contributed by atoms with E-state index >= 15 is 0 Å². The molecule has 256 valence electrons. The Balaban J connectivity index is 1.07. The number of rotatable bonds is 9. The molecule has 0 aliphatic heterocycles. The highest BCUT2D eigenvalue weighted by atomic mass is 15.1. The first-order valence-electron chi connectivity index (χ1n) is 18.4. The average Bonchev–Trinajstić information content (AvgIpc) is 3.26. The summed E-state index contributed by atoms with van der Waals surface area (Å²) in [5.41, 5.74) is 13.8. The number of nitrogens with zero attached hydrogens (tertiary/aromatic N) is 2. The van der Waals surface area contributed by atoms with E-state index < -0.39 is 0 Å². The summed E-state index contributed by atoms with van der Waals surface area (Å²) in [6.07, 6.45) is 0. The molecule has 0 fully saturated rings. The number of benzene rings is 9. The number of fused-ring (bicyclic) bond motifs is 1. The molecule has 0 aromatic heterocycles. The van der Waals surface area contributed by atoms with Crippen LogP contribution in [0, 0.1) is 0 Å². The van der Waals surface area contributed by atoms with Gasteiger partial charge in [-0.2, -0.15) is 0 Å². The lowest BCUT2D eigenvalue weighted by Crippen LogP contribution is -2.10. The van der Waals surface area contributed by atoms with E-state index in [0.29, 0.717) is 0 Å². The van der Waals surface area contributed by atoms with Crippen molar-refractivity contribution in [1.82, 2.24) is 0 Å². The van der Waals surface area contributed by atoms with Gasteiger partial charge in [0.2, 0.25) is 0 Å². The molecule has 0 saturated carbocycles. The quantitative estimate of drug-likeness (QED) is 0.149. The maximum atomic E-state index is 2.36. The zero-order chi connectivity index (χ0) is 36.1. The van der Waals surface area contributed by atoms with Crippen molar-refractivity contribution in [3.63, 3.8) is 0 Å². The smallest absolute Gasteiger partial charge is 0.0468 e. The van der Waals surface area contributed by atoms with Gasteiger partial charge in [-0.1, -0.05) is 158 Å². The van der Waals surface area contributed by atoms with Crippen molar-refractivity contribution >= 4 is 44.9 Å². The second kappa shape index (κ2) is 14.8. The lowest BCUT2D eigenvalue weighted by Gasteiger charge is -2.27. The molecule has 0 bridgehead atoms. The Bertz CT molecular complexity index is 2620. The molecule has 0 N–H and O–H groups in total. The molecule has 2 nitrogen and oxygen atoms in total. The molecule has 0 heterocycles. The highest BCUT2D eigenvalue weighted by Crippen LogP contribution is 2.40. The first kappa shape index (κ1) is 32.7. The molecule has 54 heavy (non-hydrogen) atoms. The lowest BCUT2D eigenvalue weighted by atomic mass is 10.0. The summed E-state index contributed by atoms with van der Waals surface area (Å²) in [4.78, 5) is 4.67. The van der Waals surface area contributed by atoms with Crippen LogP contribution >= 0.6 is 0 Å². The van der Waals surface area contributed by atoms with E-state index in [1.165, 1.54) is 33.0 Å². The van der Waals surface area contributed by atoms with Crippen molar-refractivity contribution in [2.75, 3.05) is 9.80 Å². The van der Waals surface area contributed by atoms with Gasteiger partial charge in [-0.15, -0.1) is 0 Å². The highest BCUT2D eigenvalue weighted by Gasteiger charge is 2.16. The number of hydrogen-bond donors (Lipinski definition) is 0. The van der Waals surface area contributed by atoms with Gasteiger partial charge >= 0.3 is 0 Å². The van der Waals surface area contributed by atoms with E-state index in [0.717, 1.165) is 45.3 Å². The van der Waals surface area contributed by atoms with Gasteiger partial charge in [0.25, 0.3) is 0 Å². The molecular formula is C52H38N2. The number of para-hydroxylation sites is 1. The molecule has 0 saturated heterocycles. The van der Waals surface area contributed by atoms with Crippen LogP contribution in [0.4, 0.5) is 34.1 Å². The van der Waals surface area contributed by atoms with Gasteiger partial charge in [0.1, 0.15) is 0 Å². The average molecular weight is 691 g/mol. The Kier molecular flexibility index (Phi) is 8.99. The Hall–Kier alpha value is -7.16. The Morgan fingerprint density at radius 3 is 1.06 bits per heavy atom. The fourth-order valence-corrected chi connectivity index (χ4v) is 7.28. The molecule has 0 aliphatic rings. The Labute approximate surface area is 317 Å². The molecule has 0 unspecified atom stereocenters. The van der Waals surface area contributed by atoms with Gasteiger partial charge in [0.15, 0.2) is 0 Å². The summed E-state index contributed by atoms with van der Waals surface area (Å²) in [6, 6.07) is 82.4. The SMILES string of the molecule is c1ccc(-c2ccc(N(c3ccccc3)c3ccc(-c4cccc(N(c5ccc(-c6ccccc6)cc5)c5ccc6ccccc6c5)c4)cc3)cc2)cc1. The summed E-state index contributed by atoms with van der Waals surface area (Å²) in [7, 11) is 0. The van der Waals surface area contributed by atoms with Crippen LogP contribution in [-0.4, -0.2) is 0 Å². The number of anilines is 6. The second-order valence-electron chi connectivity index (χ2n) is 13.5. The van der Waals surface area contributed by atoms with Crippen LogP contribution in [0.1, 0.15) is 0 Å². The largest absolute Gasteiger partial charge is 0.311 e. The van der Waals surface area contributed by atoms with Crippen molar-refractivity contribution < 1.29 is 0 Å². The van der Waals surface area contributed by atoms with Gasteiger partial charge < -0.3 is 9.80 Å². The molecule has 0 amide bonds. The van der Waals surface area contributed by atoms with E-state index in [4.69, 9.17) is 0 Å². The summed E-state index contributed by atoms with van der Waals surface area (Å²) in [5.74, 6) is 0. The maximum absolute atomic E-state index is 2.36. The number of hydrogen-bond acceptors (Lipinski definition) is 2. The molecule has 0 atom stereocenters. The Morgan fingerprint density at radius 1 is 0.185 bits per heavy atom. The van der Waals surface area contributed by atoms with Gasteiger partial charge in [0, 0.05) is 34.1 Å². The van der Waals surface area contributed by atoms with Gasteiger partial charge in [-0.3, -0.25) is 0 Å². The van der Waals surface area contributed by atoms with Crippen LogP contribution in [0.2, 0.25) is 0 Å². The van der Waals surface area contributed by atoms with Crippen molar-refractivity contribution in [3.8, 4) is 33.4 Å². The van der Waals surface area contributed by atoms with Crippen LogP contribution in [0.3, 0.4) is 0 Å². The van der Waals surface area contributed by atoms with E-state index in [1.54, 1.807) is 0 Å². The second-order valence-corrected chi connectivity index (χ2v) is 13.5. The third-order valence-electron chi connectivity index (χ3n) is 10.0. The van der Waals surface area contributed by atoms with Gasteiger partial charge in [-0.25, -0.2) is 0 Å². The molecule has 9 aromatic carbocycles. The minimum atomic E-state index is 1.10. The maximum Gasteiger partial charge on any atom is 0.0468 e. The van der Waals surface area contributed by atoms with Crippen molar-refractivity contribution in [3.05, 3.63) is 231 Å². The predicted octanol–water partition coefficient (Wildman–Crippen LogP) is 14.8. The molecule has 0 aliphatic carbocycles. The summed E-state index contributed by atoms with van der Waals surface area (Å²) >= 11 is 0. The van der Waals surface area contributed by atoms with Gasteiger partial charge in [-0.05, 0) is 117 Å². The van der Waals surface area contributed by atoms with Crippen molar-refractivity contribution in [2.24, 2.45) is 0 Å². The molecule has 9 aromatic rings. The molecular weight excluding hydrogens is 653 g/mol. The van der Waals surface area contributed by atoms with E-state index in [9.17, 15) is 0 Å². The standard InChI is InChI=1S/C52H38N2/c1-4-13-39(14-5-1)42-23-30-48(31-24-42)53(47-20-8-3-9-21-47)49-34-27-44(28-35-49)46-19-12-22-51(37-46)54(52-36-29-41-17-10-11-18-45(41)38-52)50-32-25-43(26-33-50)40-15-6-2-7-16-40/h1-38H. The third kappa shape index (κ3) is 6.77. The zero-order valence-corrected chi connectivity index (χ0v) is 29.8. The van der Waals surface area contributed by atoms with Crippen LogP contribution in [-0.2, 0) is 0 Å². The molecule has 0 radical (unpaired) electrons. The van der Waals surface area contributed by atoms with Crippen LogP contribution in [0.15, 0.2) is 231 Å². The summed E-state index contributed by atoms with van der Waals surface area (Å²) in [5, 5.41) is 2.44. The van der Waals surface area contributed by atoms with Crippen LogP contribution in [0.25, 0.3) is 44.2 Å². The fourth-order valence-electron chi connectivity index (χ4n) is 7.28. The molecule has 9 rings (SSSR count). The van der Waals surface area contributed by atoms with Crippen LogP contribution in [0.5, 0.6) is 0 Å². The predicted molar refractivity (Wildman–Crippen MR) is 230 cm³/mol. The summed E-state index contributed by atoms with van der Waals surface area (Å²) < 4.78 is 0. The van der Waals surface area contributed by atoms with E-state index in [2.05, 4.69) is 240 Å². The summed E-state index contributed by atoms with van der Waals surface area (Å²) in [6.45, 7) is 0. The monoisotopic (exact) mass is 690 g/mol. The molecule has 0 spiro atoms. The molecule has 2 heteroatoms. The fraction of sp³-hybridized carbons (Fsp3) is 0. The van der Waals surface area contributed by atoms with Crippen LogP contribution < -0.4 is 9.80 Å². The minimum absolute atomic E-state index is 1.10. The van der Waals surface area contributed by atoms with E-state index in [-0.39, 0.29) is 0 Å². The minimum Gasteiger partial charge on any atom is -0.311 e. The Morgan fingerprint density at radius 2 is 0.519 bits per heavy atom. The first-order chi connectivity index (χ1) is 26.8. The lowest BCUT2D eigenvalue weighted by molar-refractivity contribution is 1.28. The normalized spacial score (nSPS) is 11.0. The first-order valence-corrected chi connectivity index (χ1v) is 18.4. The van der Waals surface area contributed by atoms with Crippen molar-refractivity contribution in [1.29, 1.82) is 0 Å². The van der Waals surface area contributed by atoms with Crippen molar-refractivity contribution in [2.45, 2.75) is 0 Å². The van der Waals surface area contributed by atoms with E-state index in [1.807, 2.05) is 0 Å². The third-order valence-corrected chi connectivity index (χ3v) is 10.0. The highest BCUT2D eigenvalue weighted by molar-refractivity contribution is 5.90. The van der Waals surface area contributed by atoms with Gasteiger partial charge in [0.05, 0.1) is 0 Å². The zero-order valence-electron chi connectivity index (χ0n) is 29.8. The topological polar surface area (TPSA) is 6.48 Å².